The second-order valence-corrected chi connectivity index (χ2v) is 5.91. The molecular formula is C14H25NO3. The first-order chi connectivity index (χ1) is 8.36. The Balaban J connectivity index is 2.73. The van der Waals surface area contributed by atoms with E-state index in [-0.39, 0.29) is 11.8 Å². The second kappa shape index (κ2) is 6.21. The van der Waals surface area contributed by atoms with E-state index in [1.54, 1.807) is 11.9 Å². The predicted molar refractivity (Wildman–Crippen MR) is 70.1 cm³/mol. The summed E-state index contributed by atoms with van der Waals surface area (Å²) in [5.74, 6) is -0.833. The Morgan fingerprint density at radius 2 is 1.83 bits per heavy atom. The van der Waals surface area contributed by atoms with Crippen molar-refractivity contribution < 1.29 is 14.7 Å². The third-order valence-electron chi connectivity index (χ3n) is 3.89. The molecule has 4 heteroatoms. The van der Waals surface area contributed by atoms with Gasteiger partial charge in [-0.05, 0) is 24.7 Å². The summed E-state index contributed by atoms with van der Waals surface area (Å²) >= 11 is 0. The Morgan fingerprint density at radius 3 is 2.28 bits per heavy atom. The molecule has 1 fully saturated rings. The van der Waals surface area contributed by atoms with Gasteiger partial charge in [0.25, 0.3) is 0 Å². The Morgan fingerprint density at radius 1 is 1.28 bits per heavy atom. The minimum atomic E-state index is -0.817. The van der Waals surface area contributed by atoms with Crippen LogP contribution in [0.1, 0.15) is 40.0 Å². The Bertz CT molecular complexity index is 314. The van der Waals surface area contributed by atoms with Gasteiger partial charge in [0, 0.05) is 13.6 Å². The third kappa shape index (κ3) is 3.47. The summed E-state index contributed by atoms with van der Waals surface area (Å²) in [6, 6.07) is 0. The zero-order valence-electron chi connectivity index (χ0n) is 11.8. The molecule has 18 heavy (non-hydrogen) atoms. The number of carboxylic acids is 1. The van der Waals surface area contributed by atoms with Gasteiger partial charge in [0.15, 0.2) is 0 Å². The SMILES string of the molecule is CCC1C[C@H](C(=O)N(C)CC(C)C)[C@H](C(=O)O)C1. The van der Waals surface area contributed by atoms with Gasteiger partial charge in [-0.15, -0.1) is 0 Å². The Labute approximate surface area is 109 Å². The van der Waals surface area contributed by atoms with Gasteiger partial charge in [-0.3, -0.25) is 9.59 Å². The summed E-state index contributed by atoms with van der Waals surface area (Å²) in [4.78, 5) is 25.3. The Kier molecular flexibility index (Phi) is 5.17. The zero-order valence-corrected chi connectivity index (χ0v) is 11.8. The van der Waals surface area contributed by atoms with Crippen molar-refractivity contribution in [3.63, 3.8) is 0 Å². The molecule has 0 aliphatic heterocycles. The maximum Gasteiger partial charge on any atom is 0.307 e. The van der Waals surface area contributed by atoms with E-state index in [1.165, 1.54) is 0 Å². The lowest BCUT2D eigenvalue weighted by molar-refractivity contribution is -0.148. The van der Waals surface area contributed by atoms with Crippen molar-refractivity contribution in [1.29, 1.82) is 0 Å². The highest BCUT2D eigenvalue weighted by molar-refractivity contribution is 5.85. The molecule has 1 unspecified atom stereocenters. The highest BCUT2D eigenvalue weighted by atomic mass is 16.4. The highest BCUT2D eigenvalue weighted by Crippen LogP contribution is 2.39. The number of aliphatic carboxylic acids is 1. The van der Waals surface area contributed by atoms with Crippen molar-refractivity contribution in [3.8, 4) is 0 Å². The lowest BCUT2D eigenvalue weighted by atomic mass is 9.94. The summed E-state index contributed by atoms with van der Waals surface area (Å²) in [7, 11) is 1.78. The van der Waals surface area contributed by atoms with Gasteiger partial charge in [-0.1, -0.05) is 27.2 Å². The van der Waals surface area contributed by atoms with E-state index in [2.05, 4.69) is 20.8 Å². The number of hydrogen-bond donors (Lipinski definition) is 1. The fourth-order valence-corrected chi connectivity index (χ4v) is 2.94. The van der Waals surface area contributed by atoms with Gasteiger partial charge in [0.2, 0.25) is 5.91 Å². The van der Waals surface area contributed by atoms with Crippen LogP contribution < -0.4 is 0 Å². The number of carbonyl (C=O) groups excluding carboxylic acids is 1. The number of amides is 1. The lowest BCUT2D eigenvalue weighted by Gasteiger charge is -2.24. The molecule has 0 aromatic heterocycles. The molecule has 0 spiro atoms. The van der Waals surface area contributed by atoms with Gasteiger partial charge in [-0.2, -0.15) is 0 Å². The minimum absolute atomic E-state index is 0.00653. The van der Waals surface area contributed by atoms with Gasteiger partial charge < -0.3 is 10.0 Å². The standard InChI is InChI=1S/C14H25NO3/c1-5-10-6-11(12(7-10)14(17)18)13(16)15(4)8-9(2)3/h9-12H,5-8H2,1-4H3,(H,17,18)/t10?,11-,12+/m0/s1. The first-order valence-corrected chi connectivity index (χ1v) is 6.84. The molecule has 0 bridgehead atoms. The largest absolute Gasteiger partial charge is 0.481 e. The van der Waals surface area contributed by atoms with Crippen molar-refractivity contribution in [2.75, 3.05) is 13.6 Å². The molecule has 1 aliphatic rings. The van der Waals surface area contributed by atoms with Gasteiger partial charge in [0.05, 0.1) is 11.8 Å². The maximum atomic E-state index is 12.3. The number of carbonyl (C=O) groups is 2. The molecule has 0 saturated heterocycles. The first kappa shape index (κ1) is 15.0. The molecule has 1 N–H and O–H groups in total. The maximum absolute atomic E-state index is 12.3. The molecule has 0 radical (unpaired) electrons. The summed E-state index contributed by atoms with van der Waals surface area (Å²) in [6.07, 6.45) is 2.34. The van der Waals surface area contributed by atoms with E-state index in [0.717, 1.165) is 12.8 Å². The number of rotatable bonds is 5. The van der Waals surface area contributed by atoms with Crippen LogP contribution in [0.2, 0.25) is 0 Å². The molecule has 0 aromatic carbocycles. The van der Waals surface area contributed by atoms with Crippen LogP contribution in [-0.4, -0.2) is 35.5 Å². The van der Waals surface area contributed by atoms with Crippen LogP contribution in [0.4, 0.5) is 0 Å². The van der Waals surface area contributed by atoms with Crippen molar-refractivity contribution in [2.45, 2.75) is 40.0 Å². The number of hydrogen-bond acceptors (Lipinski definition) is 2. The van der Waals surface area contributed by atoms with Gasteiger partial charge in [0.1, 0.15) is 0 Å². The molecule has 1 rings (SSSR count). The first-order valence-electron chi connectivity index (χ1n) is 6.84. The normalized spacial score (nSPS) is 27.5. The van der Waals surface area contributed by atoms with Crippen LogP contribution in [0, 0.1) is 23.7 Å². The lowest BCUT2D eigenvalue weighted by Crippen LogP contribution is -2.38. The van der Waals surface area contributed by atoms with E-state index >= 15 is 0 Å². The molecule has 3 atom stereocenters. The zero-order chi connectivity index (χ0) is 13.9. The van der Waals surface area contributed by atoms with Crippen molar-refractivity contribution in [2.24, 2.45) is 23.7 Å². The van der Waals surface area contributed by atoms with Crippen LogP contribution in [-0.2, 0) is 9.59 Å². The van der Waals surface area contributed by atoms with E-state index in [0.29, 0.717) is 24.8 Å². The quantitative estimate of drug-likeness (QED) is 0.819. The third-order valence-corrected chi connectivity index (χ3v) is 3.89. The van der Waals surface area contributed by atoms with Gasteiger partial charge >= 0.3 is 5.97 Å². The number of carboxylic acid groups (broad SMARTS) is 1. The molecule has 0 aromatic rings. The van der Waals surface area contributed by atoms with E-state index in [4.69, 9.17) is 0 Å². The molecule has 1 saturated carbocycles. The topological polar surface area (TPSA) is 57.6 Å². The fraction of sp³-hybridized carbons (Fsp3) is 0.857. The molecule has 0 heterocycles. The monoisotopic (exact) mass is 255 g/mol. The predicted octanol–water partition coefficient (Wildman–Crippen LogP) is 2.24. The van der Waals surface area contributed by atoms with Crippen LogP contribution in [0.15, 0.2) is 0 Å². The average Bonchev–Trinajstić information content (AvgIpc) is 2.71. The van der Waals surface area contributed by atoms with Crippen molar-refractivity contribution in [1.82, 2.24) is 4.90 Å². The molecule has 1 aliphatic carbocycles. The summed E-state index contributed by atoms with van der Waals surface area (Å²) < 4.78 is 0. The van der Waals surface area contributed by atoms with E-state index < -0.39 is 11.9 Å². The van der Waals surface area contributed by atoms with Gasteiger partial charge in [-0.25, -0.2) is 0 Å². The minimum Gasteiger partial charge on any atom is -0.481 e. The summed E-state index contributed by atoms with van der Waals surface area (Å²) in [5, 5.41) is 9.24. The average molecular weight is 255 g/mol. The molecular weight excluding hydrogens is 230 g/mol. The van der Waals surface area contributed by atoms with Crippen LogP contribution in [0.3, 0.4) is 0 Å². The molecule has 104 valence electrons. The summed E-state index contributed by atoms with van der Waals surface area (Å²) in [6.45, 7) is 6.87. The fourth-order valence-electron chi connectivity index (χ4n) is 2.94. The molecule has 4 nitrogen and oxygen atoms in total. The smallest absolute Gasteiger partial charge is 0.307 e. The van der Waals surface area contributed by atoms with E-state index in [9.17, 15) is 14.7 Å². The van der Waals surface area contributed by atoms with Crippen molar-refractivity contribution in [3.05, 3.63) is 0 Å². The van der Waals surface area contributed by atoms with Crippen LogP contribution >= 0.6 is 0 Å². The highest BCUT2D eigenvalue weighted by Gasteiger charge is 2.43. The van der Waals surface area contributed by atoms with Crippen LogP contribution in [0.5, 0.6) is 0 Å². The summed E-state index contributed by atoms with van der Waals surface area (Å²) in [5.41, 5.74) is 0. The number of nitrogens with zero attached hydrogens (tertiary/aromatic N) is 1. The van der Waals surface area contributed by atoms with Crippen LogP contribution in [0.25, 0.3) is 0 Å². The second-order valence-electron chi connectivity index (χ2n) is 5.91. The van der Waals surface area contributed by atoms with E-state index in [1.807, 2.05) is 0 Å². The molecule has 1 amide bonds. The van der Waals surface area contributed by atoms with Crippen molar-refractivity contribution >= 4 is 11.9 Å². The Hall–Kier alpha value is -1.06.